The third-order valence-corrected chi connectivity index (χ3v) is 6.69. The first-order chi connectivity index (χ1) is 18.6. The molecule has 4 aromatic rings. The zero-order valence-electron chi connectivity index (χ0n) is 21.1. The number of rotatable bonds is 4. The summed E-state index contributed by atoms with van der Waals surface area (Å²) in [5, 5.41) is 4.55. The predicted molar refractivity (Wildman–Crippen MR) is 139 cm³/mol. The van der Waals surface area contributed by atoms with E-state index in [1.165, 1.54) is 26.1 Å². The van der Waals surface area contributed by atoms with Crippen LogP contribution in [-0.2, 0) is 18.0 Å². The van der Waals surface area contributed by atoms with E-state index < -0.39 is 23.0 Å². The number of anilines is 1. The maximum Gasteiger partial charge on any atom is 0.416 e. The molecule has 12 heteroatoms. The number of nitrogens with zero attached hydrogens (tertiary/aromatic N) is 6. The number of aromatic nitrogens is 4. The van der Waals surface area contributed by atoms with Crippen molar-refractivity contribution in [3.63, 3.8) is 0 Å². The molecular formula is C27H23F3N6O3. The molecule has 0 N–H and O–H groups in total. The van der Waals surface area contributed by atoms with E-state index in [9.17, 15) is 22.8 Å². The molecule has 0 atom stereocenters. The third kappa shape index (κ3) is 4.61. The van der Waals surface area contributed by atoms with Crippen molar-refractivity contribution in [3.05, 3.63) is 98.2 Å². The van der Waals surface area contributed by atoms with Crippen LogP contribution in [0.5, 0.6) is 0 Å². The monoisotopic (exact) mass is 536 g/mol. The maximum absolute atomic E-state index is 13.7. The molecule has 200 valence electrons. The van der Waals surface area contributed by atoms with Crippen molar-refractivity contribution in [2.24, 2.45) is 7.05 Å². The van der Waals surface area contributed by atoms with Gasteiger partial charge in [-0.15, -0.1) is 0 Å². The van der Waals surface area contributed by atoms with Gasteiger partial charge in [-0.3, -0.25) is 13.9 Å². The summed E-state index contributed by atoms with van der Waals surface area (Å²) >= 11 is 0. The molecule has 0 spiro atoms. The van der Waals surface area contributed by atoms with Gasteiger partial charge in [-0.1, -0.05) is 18.2 Å². The summed E-state index contributed by atoms with van der Waals surface area (Å²) in [4.78, 5) is 32.4. The second-order valence-electron chi connectivity index (χ2n) is 9.01. The zero-order chi connectivity index (χ0) is 27.9. The molecule has 1 aliphatic rings. The first-order valence-electron chi connectivity index (χ1n) is 12.0. The fourth-order valence-corrected chi connectivity index (χ4v) is 4.69. The van der Waals surface area contributed by atoms with Crippen LogP contribution < -0.4 is 16.1 Å². The molecule has 0 aliphatic carbocycles. The lowest BCUT2D eigenvalue weighted by Crippen LogP contribution is -2.40. The van der Waals surface area contributed by atoms with E-state index in [1.807, 2.05) is 4.90 Å². The van der Waals surface area contributed by atoms with Gasteiger partial charge in [0.25, 0.3) is 5.56 Å². The number of benzene rings is 2. The van der Waals surface area contributed by atoms with Crippen molar-refractivity contribution in [2.75, 3.05) is 31.2 Å². The number of hydrogen-bond acceptors (Lipinski definition) is 5. The Hall–Kier alpha value is -4.63. The highest BCUT2D eigenvalue weighted by molar-refractivity contribution is 5.78. The molecule has 2 aromatic carbocycles. The molecule has 1 fully saturated rings. The van der Waals surface area contributed by atoms with Crippen molar-refractivity contribution in [2.45, 2.75) is 13.1 Å². The van der Waals surface area contributed by atoms with Crippen LogP contribution in [0.3, 0.4) is 0 Å². The van der Waals surface area contributed by atoms with E-state index >= 15 is 0 Å². The Morgan fingerprint density at radius 1 is 1.03 bits per heavy atom. The number of hydrogen-bond donors (Lipinski definition) is 0. The van der Waals surface area contributed by atoms with E-state index in [0.29, 0.717) is 49.1 Å². The van der Waals surface area contributed by atoms with Gasteiger partial charge in [-0.05, 0) is 37.3 Å². The molecule has 0 radical (unpaired) electrons. The summed E-state index contributed by atoms with van der Waals surface area (Å²) in [5.74, 6) is 0. The number of ether oxygens (including phenoxy) is 1. The molecule has 1 saturated heterocycles. The number of alkyl halides is 3. The lowest BCUT2D eigenvalue weighted by atomic mass is 10.1. The first kappa shape index (κ1) is 26.0. The van der Waals surface area contributed by atoms with E-state index in [4.69, 9.17) is 11.3 Å². The van der Waals surface area contributed by atoms with E-state index in [1.54, 1.807) is 35.1 Å². The van der Waals surface area contributed by atoms with Gasteiger partial charge < -0.3 is 9.64 Å². The van der Waals surface area contributed by atoms with Gasteiger partial charge in [0.1, 0.15) is 5.69 Å². The van der Waals surface area contributed by atoms with E-state index in [2.05, 4.69) is 9.94 Å². The summed E-state index contributed by atoms with van der Waals surface area (Å²) in [6.07, 6.45) is -3.00. The van der Waals surface area contributed by atoms with E-state index in [-0.39, 0.29) is 16.9 Å². The highest BCUT2D eigenvalue weighted by Gasteiger charge is 2.32. The Bertz CT molecular complexity index is 1710. The van der Waals surface area contributed by atoms with Crippen molar-refractivity contribution >= 4 is 11.4 Å². The topological polar surface area (TPSA) is 78.7 Å². The van der Waals surface area contributed by atoms with Gasteiger partial charge in [0.15, 0.2) is 5.69 Å². The fraction of sp³-hybridized carbons (Fsp3) is 0.259. The van der Waals surface area contributed by atoms with Crippen LogP contribution in [0, 0.1) is 13.5 Å². The highest BCUT2D eigenvalue weighted by atomic mass is 19.4. The standard InChI is InChI=1S/C27H23F3N6O3/c1-17-23(25(37)33(3)26(38)35(17)21-6-4-5-18(15-21)27(28,29)30)24-22(34-11-13-39-14-12-34)16-32-36(24)20-9-7-19(31-2)8-10-20/h4-10,15-16H,11-14H2,1,3H3. The van der Waals surface area contributed by atoms with Crippen LogP contribution in [0.2, 0.25) is 0 Å². The van der Waals surface area contributed by atoms with Crippen LogP contribution in [0.4, 0.5) is 24.5 Å². The van der Waals surface area contributed by atoms with Gasteiger partial charge >= 0.3 is 11.9 Å². The summed E-state index contributed by atoms with van der Waals surface area (Å²) in [6, 6.07) is 11.0. The minimum absolute atomic E-state index is 0.0235. The molecule has 0 unspecified atom stereocenters. The van der Waals surface area contributed by atoms with Crippen molar-refractivity contribution < 1.29 is 17.9 Å². The van der Waals surface area contributed by atoms with Crippen LogP contribution in [-0.4, -0.2) is 45.2 Å². The number of halogens is 3. The Morgan fingerprint density at radius 3 is 2.36 bits per heavy atom. The Labute approximate surface area is 220 Å². The lowest BCUT2D eigenvalue weighted by molar-refractivity contribution is -0.137. The average Bonchev–Trinajstić information content (AvgIpc) is 3.37. The Morgan fingerprint density at radius 2 is 1.72 bits per heavy atom. The third-order valence-electron chi connectivity index (χ3n) is 6.69. The van der Waals surface area contributed by atoms with Gasteiger partial charge in [-0.25, -0.2) is 14.3 Å². The fourth-order valence-electron chi connectivity index (χ4n) is 4.69. The molecule has 9 nitrogen and oxygen atoms in total. The Kier molecular flexibility index (Phi) is 6.61. The average molecular weight is 537 g/mol. The van der Waals surface area contributed by atoms with Crippen molar-refractivity contribution in [1.82, 2.24) is 18.9 Å². The van der Waals surface area contributed by atoms with Crippen LogP contribution in [0.15, 0.2) is 64.3 Å². The highest BCUT2D eigenvalue weighted by Crippen LogP contribution is 2.35. The molecule has 3 heterocycles. The summed E-state index contributed by atoms with van der Waals surface area (Å²) in [6.45, 7) is 10.7. The second-order valence-corrected chi connectivity index (χ2v) is 9.01. The summed E-state index contributed by atoms with van der Waals surface area (Å²) in [7, 11) is 1.29. The molecule has 0 saturated carbocycles. The zero-order valence-corrected chi connectivity index (χ0v) is 21.1. The van der Waals surface area contributed by atoms with Crippen molar-refractivity contribution in [1.29, 1.82) is 0 Å². The minimum Gasteiger partial charge on any atom is -0.378 e. The Balaban J connectivity index is 1.81. The predicted octanol–water partition coefficient (Wildman–Crippen LogP) is 4.10. The second kappa shape index (κ2) is 9.92. The SMILES string of the molecule is [C-]#[N+]c1ccc(-n2ncc(N3CCOCC3)c2-c2c(C)n(-c3cccc(C(F)(F)F)c3)c(=O)n(C)c2=O)cc1. The van der Waals surface area contributed by atoms with Crippen LogP contribution in [0.1, 0.15) is 11.3 Å². The summed E-state index contributed by atoms with van der Waals surface area (Å²) in [5.41, 5.74) is -0.0744. The molecule has 39 heavy (non-hydrogen) atoms. The molecular weight excluding hydrogens is 513 g/mol. The quantitative estimate of drug-likeness (QED) is 0.367. The molecule has 2 aromatic heterocycles. The van der Waals surface area contributed by atoms with Crippen molar-refractivity contribution in [3.8, 4) is 22.6 Å². The van der Waals surface area contributed by atoms with Gasteiger partial charge in [0.2, 0.25) is 0 Å². The van der Waals surface area contributed by atoms with Gasteiger partial charge in [0.05, 0.1) is 54.2 Å². The molecule has 0 bridgehead atoms. The smallest absolute Gasteiger partial charge is 0.378 e. The molecule has 5 rings (SSSR count). The normalized spacial score (nSPS) is 13.9. The van der Waals surface area contributed by atoms with Gasteiger partial charge in [0, 0.05) is 25.8 Å². The summed E-state index contributed by atoms with van der Waals surface area (Å²) < 4.78 is 49.5. The van der Waals surface area contributed by atoms with Gasteiger partial charge in [-0.2, -0.15) is 18.3 Å². The largest absolute Gasteiger partial charge is 0.416 e. The maximum atomic E-state index is 13.7. The first-order valence-corrected chi connectivity index (χ1v) is 12.0. The lowest BCUT2D eigenvalue weighted by Gasteiger charge is -2.29. The van der Waals surface area contributed by atoms with Crippen LogP contribution in [0.25, 0.3) is 27.5 Å². The number of morpholine rings is 1. The minimum atomic E-state index is -4.61. The van der Waals surface area contributed by atoms with E-state index in [0.717, 1.165) is 21.3 Å². The molecule has 1 aliphatic heterocycles. The van der Waals surface area contributed by atoms with Crippen LogP contribution >= 0.6 is 0 Å². The molecule has 0 amide bonds.